The summed E-state index contributed by atoms with van der Waals surface area (Å²) >= 11 is 0. The number of amides is 2. The van der Waals surface area contributed by atoms with E-state index in [4.69, 9.17) is 4.84 Å². The fourth-order valence-electron chi connectivity index (χ4n) is 2.56. The van der Waals surface area contributed by atoms with Crippen LogP contribution < -0.4 is 0 Å². The highest BCUT2D eigenvalue weighted by Gasteiger charge is 2.39. The molecular formula is C17H21NO4. The van der Waals surface area contributed by atoms with Crippen molar-refractivity contribution >= 4 is 17.8 Å². The molecule has 5 nitrogen and oxygen atoms in total. The van der Waals surface area contributed by atoms with Crippen molar-refractivity contribution in [3.8, 4) is 0 Å². The molecule has 1 aromatic carbocycles. The number of hydroxylamine groups is 2. The maximum atomic E-state index is 12.3. The van der Waals surface area contributed by atoms with Gasteiger partial charge in [-0.2, -0.15) is 0 Å². The number of carbonyl (C=O) groups excluding carboxylic acids is 3. The first kappa shape index (κ1) is 16.2. The van der Waals surface area contributed by atoms with Gasteiger partial charge in [0.05, 0.1) is 17.0 Å². The zero-order chi connectivity index (χ0) is 16.3. The van der Waals surface area contributed by atoms with E-state index in [1.165, 1.54) is 0 Å². The minimum absolute atomic E-state index is 0.0919. The predicted molar refractivity (Wildman–Crippen MR) is 80.9 cm³/mol. The average molecular weight is 303 g/mol. The largest absolute Gasteiger partial charge is 0.336 e. The Bertz CT molecular complexity index is 559. The van der Waals surface area contributed by atoms with Gasteiger partial charge in [-0.15, -0.1) is 0 Å². The third-order valence-electron chi connectivity index (χ3n) is 3.91. The lowest BCUT2D eigenvalue weighted by molar-refractivity contribution is -0.175. The number of nitrogens with zero attached hydrogens (tertiary/aromatic N) is 1. The van der Waals surface area contributed by atoms with Gasteiger partial charge in [0.2, 0.25) is 0 Å². The van der Waals surface area contributed by atoms with Gasteiger partial charge in [-0.05, 0) is 24.5 Å². The fraction of sp³-hybridized carbons (Fsp3) is 0.471. The van der Waals surface area contributed by atoms with Crippen molar-refractivity contribution in [2.24, 2.45) is 11.8 Å². The zero-order valence-electron chi connectivity index (χ0n) is 13.2. The van der Waals surface area contributed by atoms with Crippen LogP contribution in [0.25, 0.3) is 0 Å². The summed E-state index contributed by atoms with van der Waals surface area (Å²) in [4.78, 5) is 41.8. The molecule has 0 radical (unpaired) electrons. The van der Waals surface area contributed by atoms with Gasteiger partial charge in [0.1, 0.15) is 0 Å². The zero-order valence-corrected chi connectivity index (χ0v) is 13.2. The van der Waals surface area contributed by atoms with Crippen LogP contribution in [0.4, 0.5) is 0 Å². The molecule has 1 atom stereocenters. The summed E-state index contributed by atoms with van der Waals surface area (Å²) in [5, 5.41) is 0.592. The first-order chi connectivity index (χ1) is 10.5. The van der Waals surface area contributed by atoms with Crippen molar-refractivity contribution in [3.63, 3.8) is 0 Å². The molecule has 0 bridgehead atoms. The molecule has 118 valence electrons. The maximum Gasteiger partial charge on any atom is 0.336 e. The third-order valence-corrected chi connectivity index (χ3v) is 3.91. The van der Waals surface area contributed by atoms with Crippen molar-refractivity contribution in [2.45, 2.75) is 40.0 Å². The Hall–Kier alpha value is -2.17. The molecule has 0 spiro atoms. The van der Waals surface area contributed by atoms with Gasteiger partial charge in [-0.3, -0.25) is 9.59 Å². The molecule has 0 N–H and O–H groups in total. The predicted octanol–water partition coefficient (Wildman–Crippen LogP) is 3.20. The molecule has 22 heavy (non-hydrogen) atoms. The number of rotatable bonds is 6. The van der Waals surface area contributed by atoms with E-state index in [1.54, 1.807) is 24.3 Å². The van der Waals surface area contributed by atoms with Crippen LogP contribution in [-0.4, -0.2) is 22.8 Å². The van der Waals surface area contributed by atoms with Gasteiger partial charge >= 0.3 is 5.97 Å². The fourth-order valence-corrected chi connectivity index (χ4v) is 2.56. The lowest BCUT2D eigenvalue weighted by Crippen LogP contribution is -2.36. The highest BCUT2D eigenvalue weighted by molar-refractivity contribution is 6.20. The lowest BCUT2D eigenvalue weighted by Gasteiger charge is -2.21. The maximum absolute atomic E-state index is 12.3. The number of unbranched alkanes of at least 4 members (excludes halogenated alkanes) is 1. The topological polar surface area (TPSA) is 63.7 Å². The van der Waals surface area contributed by atoms with Gasteiger partial charge in [0, 0.05) is 0 Å². The van der Waals surface area contributed by atoms with Crippen LogP contribution in [-0.2, 0) is 9.63 Å². The molecule has 2 rings (SSSR count). The molecule has 0 aliphatic carbocycles. The van der Waals surface area contributed by atoms with E-state index in [9.17, 15) is 14.4 Å². The summed E-state index contributed by atoms with van der Waals surface area (Å²) in [7, 11) is 0. The van der Waals surface area contributed by atoms with E-state index in [-0.39, 0.29) is 23.0 Å². The van der Waals surface area contributed by atoms with Gasteiger partial charge in [-0.25, -0.2) is 4.79 Å². The molecule has 1 aliphatic heterocycles. The minimum atomic E-state index is -0.577. The van der Waals surface area contributed by atoms with Gasteiger partial charge in [0.15, 0.2) is 0 Å². The summed E-state index contributed by atoms with van der Waals surface area (Å²) in [6.45, 7) is 5.92. The summed E-state index contributed by atoms with van der Waals surface area (Å²) in [6.07, 6.45) is 2.57. The van der Waals surface area contributed by atoms with Crippen molar-refractivity contribution in [1.82, 2.24) is 5.06 Å². The normalized spacial score (nSPS) is 15.2. The molecular weight excluding hydrogens is 282 g/mol. The summed E-state index contributed by atoms with van der Waals surface area (Å²) in [5.74, 6) is -1.89. The van der Waals surface area contributed by atoms with Crippen LogP contribution in [0.5, 0.6) is 0 Å². The van der Waals surface area contributed by atoms with Crippen LogP contribution in [0.2, 0.25) is 0 Å². The summed E-state index contributed by atoms with van der Waals surface area (Å²) in [5.41, 5.74) is 0.546. The Labute approximate surface area is 130 Å². The highest BCUT2D eigenvalue weighted by atomic mass is 16.7. The molecule has 2 amide bonds. The van der Waals surface area contributed by atoms with Crippen LogP contribution in [0.3, 0.4) is 0 Å². The molecule has 0 aromatic heterocycles. The number of carbonyl (C=O) groups is 3. The van der Waals surface area contributed by atoms with Gasteiger partial charge in [-0.1, -0.05) is 50.8 Å². The van der Waals surface area contributed by atoms with Crippen molar-refractivity contribution in [3.05, 3.63) is 35.4 Å². The Morgan fingerprint density at radius 3 is 2.14 bits per heavy atom. The highest BCUT2D eigenvalue weighted by Crippen LogP contribution is 2.25. The number of fused-ring (bicyclic) bond motifs is 1. The summed E-state index contributed by atoms with van der Waals surface area (Å²) in [6, 6.07) is 6.46. The second kappa shape index (κ2) is 6.73. The monoisotopic (exact) mass is 303 g/mol. The quantitative estimate of drug-likeness (QED) is 0.757. The minimum Gasteiger partial charge on any atom is -0.329 e. The molecule has 5 heteroatoms. The van der Waals surface area contributed by atoms with E-state index in [0.29, 0.717) is 11.5 Å². The lowest BCUT2D eigenvalue weighted by atomic mass is 9.91. The average Bonchev–Trinajstić information content (AvgIpc) is 2.73. The molecule has 1 heterocycles. The third kappa shape index (κ3) is 3.03. The van der Waals surface area contributed by atoms with E-state index in [2.05, 4.69) is 0 Å². The molecule has 0 saturated carbocycles. The first-order valence-corrected chi connectivity index (χ1v) is 7.67. The standard InChI is InChI=1S/C17H21NO4/c1-4-5-8-12(11(2)3)17(21)22-18-15(19)13-9-6-7-10-14(13)16(18)20/h6-7,9-12H,4-5,8H2,1-3H3. The number of hydrogen-bond acceptors (Lipinski definition) is 4. The van der Waals surface area contributed by atoms with Crippen LogP contribution in [0, 0.1) is 11.8 Å². The van der Waals surface area contributed by atoms with Crippen molar-refractivity contribution in [1.29, 1.82) is 0 Å². The SMILES string of the molecule is CCCCC(C(=O)ON1C(=O)c2ccccc2C1=O)C(C)C. The van der Waals surface area contributed by atoms with E-state index < -0.39 is 17.8 Å². The molecule has 1 unspecified atom stereocenters. The van der Waals surface area contributed by atoms with Crippen LogP contribution in [0.1, 0.15) is 60.7 Å². The smallest absolute Gasteiger partial charge is 0.329 e. The van der Waals surface area contributed by atoms with Crippen LogP contribution >= 0.6 is 0 Å². The number of benzene rings is 1. The number of hydrogen-bond donors (Lipinski definition) is 0. The Morgan fingerprint density at radius 1 is 1.14 bits per heavy atom. The van der Waals surface area contributed by atoms with E-state index >= 15 is 0 Å². The van der Waals surface area contributed by atoms with Crippen molar-refractivity contribution < 1.29 is 19.2 Å². The number of imide groups is 1. The van der Waals surface area contributed by atoms with Crippen LogP contribution in [0.15, 0.2) is 24.3 Å². The van der Waals surface area contributed by atoms with E-state index in [1.807, 2.05) is 20.8 Å². The Morgan fingerprint density at radius 2 is 1.68 bits per heavy atom. The second-order valence-electron chi connectivity index (χ2n) is 5.85. The first-order valence-electron chi connectivity index (χ1n) is 7.67. The second-order valence-corrected chi connectivity index (χ2v) is 5.85. The van der Waals surface area contributed by atoms with E-state index in [0.717, 1.165) is 12.8 Å². The molecule has 1 aliphatic rings. The summed E-state index contributed by atoms with van der Waals surface area (Å²) < 4.78 is 0. The Kier molecular flexibility index (Phi) is 4.96. The Balaban J connectivity index is 2.12. The van der Waals surface area contributed by atoms with Crippen molar-refractivity contribution in [2.75, 3.05) is 0 Å². The van der Waals surface area contributed by atoms with Gasteiger partial charge < -0.3 is 4.84 Å². The molecule has 0 saturated heterocycles. The molecule has 0 fully saturated rings. The molecule has 1 aromatic rings. The van der Waals surface area contributed by atoms with Gasteiger partial charge in [0.25, 0.3) is 11.8 Å².